The Morgan fingerprint density at radius 1 is 1.14 bits per heavy atom. The van der Waals surface area contributed by atoms with Gasteiger partial charge in [0.05, 0.1) is 11.3 Å². The van der Waals surface area contributed by atoms with Crippen LogP contribution in [-0.2, 0) is 11.8 Å². The van der Waals surface area contributed by atoms with E-state index in [9.17, 15) is 18.3 Å². The molecule has 7 heteroatoms. The maximum Gasteiger partial charge on any atom is 0.433 e. The minimum absolute atomic E-state index is 0.113. The summed E-state index contributed by atoms with van der Waals surface area (Å²) in [7, 11) is 0. The van der Waals surface area contributed by atoms with Gasteiger partial charge < -0.3 is 5.11 Å². The highest BCUT2D eigenvalue weighted by atomic mass is 32.2. The van der Waals surface area contributed by atoms with Crippen LogP contribution in [-0.4, -0.2) is 21.6 Å². The average molecular weight is 316 g/mol. The van der Waals surface area contributed by atoms with Crippen LogP contribution in [0.5, 0.6) is 0 Å². The monoisotopic (exact) mass is 316 g/mol. The zero-order valence-corrected chi connectivity index (χ0v) is 12.6. The summed E-state index contributed by atoms with van der Waals surface area (Å²) in [6.07, 6.45) is -2.69. The van der Waals surface area contributed by atoms with Crippen molar-refractivity contribution in [2.75, 3.05) is 6.26 Å². The van der Waals surface area contributed by atoms with Gasteiger partial charge in [0, 0.05) is 16.0 Å². The van der Waals surface area contributed by atoms with Crippen LogP contribution in [0.1, 0.15) is 25.1 Å². The number of nitrogens with one attached hydrogen (secondary N) is 1. The van der Waals surface area contributed by atoms with Gasteiger partial charge in [0.15, 0.2) is 0 Å². The Kier molecular flexibility index (Phi) is 4.08. The van der Waals surface area contributed by atoms with Crippen LogP contribution in [0.3, 0.4) is 0 Å². The lowest BCUT2D eigenvalue weighted by atomic mass is 9.92. The Morgan fingerprint density at radius 2 is 1.71 bits per heavy atom. The van der Waals surface area contributed by atoms with Gasteiger partial charge in [0.2, 0.25) is 0 Å². The van der Waals surface area contributed by atoms with Crippen molar-refractivity contribution in [3.8, 4) is 11.3 Å². The lowest BCUT2D eigenvalue weighted by Crippen LogP contribution is -2.22. The molecule has 0 aliphatic heterocycles. The highest BCUT2D eigenvalue weighted by Gasteiger charge is 2.41. The molecule has 0 bridgehead atoms. The second-order valence-corrected chi connectivity index (χ2v) is 5.99. The molecule has 2 rings (SSSR count). The lowest BCUT2D eigenvalue weighted by molar-refractivity contribution is -0.143. The van der Waals surface area contributed by atoms with Crippen LogP contribution < -0.4 is 0 Å². The predicted octanol–water partition coefficient (Wildman–Crippen LogP) is 4.04. The van der Waals surface area contributed by atoms with Crippen molar-refractivity contribution in [3.05, 3.63) is 35.5 Å². The van der Waals surface area contributed by atoms with E-state index in [0.717, 1.165) is 4.90 Å². The number of nitrogens with zero attached hydrogens (tertiary/aromatic N) is 1. The molecule has 1 heterocycles. The summed E-state index contributed by atoms with van der Waals surface area (Å²) in [5.74, 6) is 0. The van der Waals surface area contributed by atoms with E-state index in [2.05, 4.69) is 5.10 Å². The van der Waals surface area contributed by atoms with Gasteiger partial charge in [-0.3, -0.25) is 5.10 Å². The molecule has 0 radical (unpaired) electrons. The van der Waals surface area contributed by atoms with Gasteiger partial charge in [-0.2, -0.15) is 18.3 Å². The molecule has 0 unspecified atom stereocenters. The van der Waals surface area contributed by atoms with Crippen molar-refractivity contribution in [2.24, 2.45) is 0 Å². The SMILES string of the molecule is CSc1ccc(-c2n[nH]c(C(F)(F)F)c2C(C)(C)O)cc1. The molecule has 0 aliphatic carbocycles. The minimum atomic E-state index is -4.60. The van der Waals surface area contributed by atoms with E-state index < -0.39 is 17.5 Å². The molecular weight excluding hydrogens is 301 g/mol. The molecule has 21 heavy (non-hydrogen) atoms. The summed E-state index contributed by atoms with van der Waals surface area (Å²) in [6, 6.07) is 6.99. The number of alkyl halides is 3. The number of H-pyrrole nitrogens is 1. The summed E-state index contributed by atoms with van der Waals surface area (Å²) < 4.78 is 39.1. The third kappa shape index (κ3) is 3.24. The first-order valence-corrected chi connectivity index (χ1v) is 7.40. The summed E-state index contributed by atoms with van der Waals surface area (Å²) >= 11 is 1.53. The molecule has 0 amide bonds. The van der Waals surface area contributed by atoms with E-state index in [1.807, 2.05) is 11.4 Å². The van der Waals surface area contributed by atoms with Crippen LogP contribution in [0, 0.1) is 0 Å². The lowest BCUT2D eigenvalue weighted by Gasteiger charge is -2.20. The topological polar surface area (TPSA) is 48.9 Å². The summed E-state index contributed by atoms with van der Waals surface area (Å²) in [6.45, 7) is 2.62. The molecule has 0 fully saturated rings. The fourth-order valence-corrected chi connectivity index (χ4v) is 2.51. The molecule has 0 saturated heterocycles. The van der Waals surface area contributed by atoms with Crippen molar-refractivity contribution in [2.45, 2.75) is 30.5 Å². The molecular formula is C14H15F3N2OS. The van der Waals surface area contributed by atoms with Gasteiger partial charge in [-0.25, -0.2) is 0 Å². The number of hydrogen-bond acceptors (Lipinski definition) is 3. The maximum absolute atomic E-state index is 13.0. The fraction of sp³-hybridized carbons (Fsp3) is 0.357. The average Bonchev–Trinajstić information content (AvgIpc) is 2.83. The zero-order valence-electron chi connectivity index (χ0n) is 11.7. The van der Waals surface area contributed by atoms with E-state index in [-0.39, 0.29) is 11.3 Å². The molecule has 0 aliphatic rings. The number of rotatable bonds is 3. The van der Waals surface area contributed by atoms with Gasteiger partial charge in [-0.1, -0.05) is 12.1 Å². The second kappa shape index (κ2) is 5.38. The summed E-state index contributed by atoms with van der Waals surface area (Å²) in [5, 5.41) is 15.9. The minimum Gasteiger partial charge on any atom is -0.386 e. The number of thioether (sulfide) groups is 1. The second-order valence-electron chi connectivity index (χ2n) is 5.11. The van der Waals surface area contributed by atoms with Crippen LogP contribution in [0.2, 0.25) is 0 Å². The van der Waals surface area contributed by atoms with Crippen molar-refractivity contribution < 1.29 is 18.3 Å². The Balaban J connectivity index is 2.61. The van der Waals surface area contributed by atoms with E-state index in [4.69, 9.17) is 0 Å². The van der Waals surface area contributed by atoms with Crippen LogP contribution in [0.25, 0.3) is 11.3 Å². The zero-order chi connectivity index (χ0) is 15.8. The van der Waals surface area contributed by atoms with Crippen LogP contribution in [0.15, 0.2) is 29.2 Å². The number of aromatic amines is 1. The quantitative estimate of drug-likeness (QED) is 0.840. The molecule has 3 nitrogen and oxygen atoms in total. The Bertz CT molecular complexity index is 627. The largest absolute Gasteiger partial charge is 0.433 e. The van der Waals surface area contributed by atoms with E-state index in [1.165, 1.54) is 25.6 Å². The molecule has 1 aromatic heterocycles. The molecule has 2 aromatic rings. The Morgan fingerprint density at radius 3 is 2.14 bits per heavy atom. The number of hydrogen-bond donors (Lipinski definition) is 2. The van der Waals surface area contributed by atoms with E-state index in [1.54, 1.807) is 24.3 Å². The predicted molar refractivity (Wildman–Crippen MR) is 76.1 cm³/mol. The fourth-order valence-electron chi connectivity index (χ4n) is 2.10. The molecule has 0 atom stereocenters. The third-order valence-electron chi connectivity index (χ3n) is 3.03. The van der Waals surface area contributed by atoms with Crippen molar-refractivity contribution >= 4 is 11.8 Å². The van der Waals surface area contributed by atoms with Crippen molar-refractivity contribution in [1.82, 2.24) is 10.2 Å². The van der Waals surface area contributed by atoms with Gasteiger partial charge >= 0.3 is 6.18 Å². The Labute approximate surface area is 124 Å². The molecule has 1 aromatic carbocycles. The van der Waals surface area contributed by atoms with Gasteiger partial charge in [-0.15, -0.1) is 11.8 Å². The summed E-state index contributed by atoms with van der Waals surface area (Å²) in [5.41, 5.74) is -2.28. The number of aromatic nitrogens is 2. The van der Waals surface area contributed by atoms with Crippen molar-refractivity contribution in [3.63, 3.8) is 0 Å². The highest BCUT2D eigenvalue weighted by molar-refractivity contribution is 7.98. The summed E-state index contributed by atoms with van der Waals surface area (Å²) in [4.78, 5) is 0.995. The van der Waals surface area contributed by atoms with Crippen LogP contribution >= 0.6 is 11.8 Å². The molecule has 0 saturated carbocycles. The smallest absolute Gasteiger partial charge is 0.386 e. The van der Waals surface area contributed by atoms with E-state index in [0.29, 0.717) is 5.56 Å². The first-order chi connectivity index (χ1) is 9.64. The standard InChI is InChI=1S/C14H15F3N2OS/c1-13(2,20)10-11(18-19-12(10)14(15,16)17)8-4-6-9(21-3)7-5-8/h4-7,20H,1-3H3,(H,18,19). The molecule has 0 spiro atoms. The number of aliphatic hydroxyl groups is 1. The Hall–Kier alpha value is -1.47. The highest BCUT2D eigenvalue weighted by Crippen LogP contribution is 2.40. The van der Waals surface area contributed by atoms with Gasteiger partial charge in [-0.05, 0) is 32.2 Å². The molecule has 2 N–H and O–H groups in total. The van der Waals surface area contributed by atoms with Gasteiger partial charge in [0.1, 0.15) is 5.69 Å². The number of halogens is 3. The molecule has 114 valence electrons. The maximum atomic E-state index is 13.0. The van der Waals surface area contributed by atoms with E-state index >= 15 is 0 Å². The first kappa shape index (κ1) is 15.9. The van der Waals surface area contributed by atoms with Crippen LogP contribution in [0.4, 0.5) is 13.2 Å². The number of benzene rings is 1. The first-order valence-electron chi connectivity index (χ1n) is 6.17. The van der Waals surface area contributed by atoms with Crippen molar-refractivity contribution in [1.29, 1.82) is 0 Å². The normalized spacial score (nSPS) is 12.7. The van der Waals surface area contributed by atoms with Gasteiger partial charge in [0.25, 0.3) is 0 Å². The third-order valence-corrected chi connectivity index (χ3v) is 3.77.